The maximum Gasteiger partial charge on any atom is 0.307 e. The summed E-state index contributed by atoms with van der Waals surface area (Å²) in [4.78, 5) is 12.3. The van der Waals surface area contributed by atoms with Crippen molar-refractivity contribution in [1.82, 2.24) is 0 Å². The van der Waals surface area contributed by atoms with Crippen LogP contribution in [-0.2, 0) is 9.53 Å². The van der Waals surface area contributed by atoms with Gasteiger partial charge in [0.1, 0.15) is 11.4 Å². The summed E-state index contributed by atoms with van der Waals surface area (Å²) in [6, 6.07) is 17.9. The van der Waals surface area contributed by atoms with Crippen LogP contribution in [0.4, 0.5) is 0 Å². The van der Waals surface area contributed by atoms with Gasteiger partial charge in [-0.1, -0.05) is 42.5 Å². The van der Waals surface area contributed by atoms with E-state index in [0.29, 0.717) is 6.42 Å². The normalized spacial score (nSPS) is 12.5. The van der Waals surface area contributed by atoms with Crippen molar-refractivity contribution in [2.75, 3.05) is 7.11 Å². The largest absolute Gasteiger partial charge is 0.497 e. The van der Waals surface area contributed by atoms with Crippen LogP contribution in [0.3, 0.4) is 0 Å². The molecule has 0 heterocycles. The van der Waals surface area contributed by atoms with Gasteiger partial charge in [0.15, 0.2) is 0 Å². The standard InChI is InChI=1S/C20H24O3/c1-20(2,3)23-19(21)14-18(15-8-6-5-7-9-15)16-10-12-17(22-4)13-11-16/h5-13,18H,14H2,1-4H3. The Balaban J connectivity index is 2.27. The van der Waals surface area contributed by atoms with Crippen molar-refractivity contribution in [2.45, 2.75) is 38.7 Å². The second kappa shape index (κ2) is 7.32. The lowest BCUT2D eigenvalue weighted by Gasteiger charge is -2.23. The molecule has 2 rings (SSSR count). The molecule has 0 aromatic heterocycles. The van der Waals surface area contributed by atoms with Crippen molar-refractivity contribution in [3.05, 3.63) is 65.7 Å². The van der Waals surface area contributed by atoms with Crippen LogP contribution >= 0.6 is 0 Å². The summed E-state index contributed by atoms with van der Waals surface area (Å²) in [5.41, 5.74) is 1.70. The summed E-state index contributed by atoms with van der Waals surface area (Å²) >= 11 is 0. The van der Waals surface area contributed by atoms with Crippen LogP contribution in [-0.4, -0.2) is 18.7 Å². The molecule has 0 N–H and O–H groups in total. The maximum atomic E-state index is 12.3. The number of esters is 1. The second-order valence-electron chi connectivity index (χ2n) is 6.53. The highest BCUT2D eigenvalue weighted by atomic mass is 16.6. The third-order valence-corrected chi connectivity index (χ3v) is 3.51. The number of ether oxygens (including phenoxy) is 2. The Morgan fingerprint density at radius 3 is 2.04 bits per heavy atom. The van der Waals surface area contributed by atoms with E-state index in [-0.39, 0.29) is 11.9 Å². The van der Waals surface area contributed by atoms with E-state index in [1.807, 2.05) is 75.4 Å². The molecule has 0 bridgehead atoms. The fraction of sp³-hybridized carbons (Fsp3) is 0.350. The summed E-state index contributed by atoms with van der Waals surface area (Å²) < 4.78 is 10.7. The van der Waals surface area contributed by atoms with Crippen LogP contribution in [0, 0.1) is 0 Å². The van der Waals surface area contributed by atoms with Crippen LogP contribution in [0.5, 0.6) is 5.75 Å². The van der Waals surface area contributed by atoms with Gasteiger partial charge in [0, 0.05) is 5.92 Å². The van der Waals surface area contributed by atoms with Gasteiger partial charge in [-0.3, -0.25) is 4.79 Å². The quantitative estimate of drug-likeness (QED) is 0.759. The zero-order valence-corrected chi connectivity index (χ0v) is 14.2. The number of carbonyl (C=O) groups is 1. The van der Waals surface area contributed by atoms with Gasteiger partial charge in [-0.2, -0.15) is 0 Å². The third-order valence-electron chi connectivity index (χ3n) is 3.51. The number of carbonyl (C=O) groups excluding carboxylic acids is 1. The predicted molar refractivity (Wildman–Crippen MR) is 91.7 cm³/mol. The van der Waals surface area contributed by atoms with Gasteiger partial charge in [-0.05, 0) is 44.0 Å². The number of methoxy groups -OCH3 is 1. The molecule has 3 heteroatoms. The van der Waals surface area contributed by atoms with Crippen molar-refractivity contribution in [3.63, 3.8) is 0 Å². The van der Waals surface area contributed by atoms with Gasteiger partial charge in [0.2, 0.25) is 0 Å². The first-order valence-corrected chi connectivity index (χ1v) is 7.80. The van der Waals surface area contributed by atoms with Crippen molar-refractivity contribution < 1.29 is 14.3 Å². The minimum absolute atomic E-state index is 0.0306. The Labute approximate surface area is 138 Å². The molecule has 122 valence electrons. The van der Waals surface area contributed by atoms with E-state index in [2.05, 4.69) is 0 Å². The van der Waals surface area contributed by atoms with E-state index >= 15 is 0 Å². The predicted octanol–water partition coefficient (Wildman–Crippen LogP) is 4.56. The van der Waals surface area contributed by atoms with Crippen LogP contribution in [0.25, 0.3) is 0 Å². The lowest BCUT2D eigenvalue weighted by atomic mass is 9.88. The van der Waals surface area contributed by atoms with Gasteiger partial charge in [-0.25, -0.2) is 0 Å². The second-order valence-corrected chi connectivity index (χ2v) is 6.53. The molecule has 3 nitrogen and oxygen atoms in total. The topological polar surface area (TPSA) is 35.5 Å². The zero-order chi connectivity index (χ0) is 16.9. The van der Waals surface area contributed by atoms with Crippen LogP contribution in [0.2, 0.25) is 0 Å². The fourth-order valence-electron chi connectivity index (χ4n) is 2.50. The molecule has 2 aromatic rings. The SMILES string of the molecule is COc1ccc(C(CC(=O)OC(C)(C)C)c2ccccc2)cc1. The Kier molecular flexibility index (Phi) is 5.43. The summed E-state index contributed by atoms with van der Waals surface area (Å²) in [5.74, 6) is 0.581. The minimum Gasteiger partial charge on any atom is -0.497 e. The molecular weight excluding hydrogens is 288 g/mol. The number of hydrogen-bond acceptors (Lipinski definition) is 3. The Hall–Kier alpha value is -2.29. The van der Waals surface area contributed by atoms with Gasteiger partial charge < -0.3 is 9.47 Å². The molecule has 23 heavy (non-hydrogen) atoms. The molecular formula is C20H24O3. The average Bonchev–Trinajstić information content (AvgIpc) is 2.52. The number of hydrogen-bond donors (Lipinski definition) is 0. The molecule has 0 aliphatic carbocycles. The van der Waals surface area contributed by atoms with E-state index in [9.17, 15) is 4.79 Å². The van der Waals surface area contributed by atoms with Crippen molar-refractivity contribution in [1.29, 1.82) is 0 Å². The van der Waals surface area contributed by atoms with Gasteiger partial charge in [0.05, 0.1) is 13.5 Å². The Bertz CT molecular complexity index is 624. The van der Waals surface area contributed by atoms with Gasteiger partial charge in [-0.15, -0.1) is 0 Å². The smallest absolute Gasteiger partial charge is 0.307 e. The third kappa shape index (κ3) is 5.13. The van der Waals surface area contributed by atoms with E-state index < -0.39 is 5.60 Å². The summed E-state index contributed by atoms with van der Waals surface area (Å²) in [6.07, 6.45) is 0.313. The highest BCUT2D eigenvalue weighted by Crippen LogP contribution is 2.30. The van der Waals surface area contributed by atoms with E-state index in [1.54, 1.807) is 7.11 Å². The van der Waals surface area contributed by atoms with Crippen LogP contribution in [0.1, 0.15) is 44.2 Å². The maximum absolute atomic E-state index is 12.3. The van der Waals surface area contributed by atoms with E-state index in [1.165, 1.54) is 0 Å². The molecule has 0 saturated heterocycles. The molecule has 0 amide bonds. The van der Waals surface area contributed by atoms with Crippen molar-refractivity contribution >= 4 is 5.97 Å². The molecule has 2 aromatic carbocycles. The monoisotopic (exact) mass is 312 g/mol. The van der Waals surface area contributed by atoms with Gasteiger partial charge >= 0.3 is 5.97 Å². The lowest BCUT2D eigenvalue weighted by molar-refractivity contribution is -0.155. The fourth-order valence-corrected chi connectivity index (χ4v) is 2.50. The zero-order valence-electron chi connectivity index (χ0n) is 14.2. The van der Waals surface area contributed by atoms with Crippen LogP contribution in [0.15, 0.2) is 54.6 Å². The average molecular weight is 312 g/mol. The first-order chi connectivity index (χ1) is 10.9. The molecule has 0 saturated carbocycles. The number of benzene rings is 2. The molecule has 0 fully saturated rings. The first-order valence-electron chi connectivity index (χ1n) is 7.80. The van der Waals surface area contributed by atoms with E-state index in [0.717, 1.165) is 16.9 Å². The lowest BCUT2D eigenvalue weighted by Crippen LogP contribution is -2.25. The van der Waals surface area contributed by atoms with E-state index in [4.69, 9.17) is 9.47 Å². The molecule has 0 aliphatic heterocycles. The molecule has 0 radical (unpaired) electrons. The molecule has 0 spiro atoms. The van der Waals surface area contributed by atoms with Crippen molar-refractivity contribution in [2.24, 2.45) is 0 Å². The Morgan fingerprint density at radius 2 is 1.52 bits per heavy atom. The molecule has 1 unspecified atom stereocenters. The molecule has 1 atom stereocenters. The summed E-state index contributed by atoms with van der Waals surface area (Å²) in [6.45, 7) is 5.65. The highest BCUT2D eigenvalue weighted by Gasteiger charge is 2.23. The van der Waals surface area contributed by atoms with Gasteiger partial charge in [0.25, 0.3) is 0 Å². The highest BCUT2D eigenvalue weighted by molar-refractivity contribution is 5.72. The summed E-state index contributed by atoms with van der Waals surface area (Å²) in [5, 5.41) is 0. The Morgan fingerprint density at radius 1 is 0.957 bits per heavy atom. The van der Waals surface area contributed by atoms with Crippen LogP contribution < -0.4 is 4.74 Å². The summed E-state index contributed by atoms with van der Waals surface area (Å²) in [7, 11) is 1.64. The van der Waals surface area contributed by atoms with Crippen molar-refractivity contribution in [3.8, 4) is 5.75 Å². The first kappa shape index (κ1) is 17.1. The minimum atomic E-state index is -0.474. The molecule has 0 aliphatic rings. The number of rotatable bonds is 5.